The van der Waals surface area contributed by atoms with Gasteiger partial charge < -0.3 is 5.32 Å². The highest BCUT2D eigenvalue weighted by molar-refractivity contribution is 5.73. The molecule has 0 amide bonds. The fourth-order valence-electron chi connectivity index (χ4n) is 2.05. The Hall–Kier alpha value is -2.36. The van der Waals surface area contributed by atoms with Gasteiger partial charge in [0.15, 0.2) is 0 Å². The Morgan fingerprint density at radius 3 is 2.74 bits per heavy atom. The minimum absolute atomic E-state index is 0.614. The number of hydrogen-bond donors (Lipinski definition) is 1. The topological polar surface area (TPSA) is 42.7 Å². The monoisotopic (exact) mass is 252 g/mol. The van der Waals surface area contributed by atoms with E-state index in [1.165, 1.54) is 11.1 Å². The van der Waals surface area contributed by atoms with Crippen molar-refractivity contribution in [3.05, 3.63) is 53.6 Å². The van der Waals surface area contributed by atoms with Crippen LogP contribution >= 0.6 is 0 Å². The maximum atomic E-state index is 4.15. The van der Waals surface area contributed by atoms with E-state index in [9.17, 15) is 0 Å². The predicted molar refractivity (Wildman–Crippen MR) is 77.1 cm³/mol. The number of benzene rings is 2. The van der Waals surface area contributed by atoms with Crippen LogP contribution in [0.2, 0.25) is 0 Å². The quantitative estimate of drug-likeness (QED) is 0.778. The lowest BCUT2D eigenvalue weighted by Crippen LogP contribution is -2.09. The van der Waals surface area contributed by atoms with E-state index in [1.807, 2.05) is 28.9 Å². The van der Waals surface area contributed by atoms with Crippen LogP contribution in [-0.2, 0) is 6.67 Å². The molecule has 19 heavy (non-hydrogen) atoms. The molecule has 1 heterocycles. The molecule has 0 saturated carbocycles. The zero-order valence-corrected chi connectivity index (χ0v) is 11.1. The molecule has 2 aromatic carbocycles. The summed E-state index contributed by atoms with van der Waals surface area (Å²) >= 11 is 0. The van der Waals surface area contributed by atoms with Crippen molar-refractivity contribution in [2.75, 3.05) is 5.32 Å². The molecule has 0 aliphatic rings. The van der Waals surface area contributed by atoms with E-state index in [-0.39, 0.29) is 0 Å². The summed E-state index contributed by atoms with van der Waals surface area (Å²) < 4.78 is 1.87. The second-order valence-electron chi connectivity index (χ2n) is 4.71. The molecule has 0 atom stereocenters. The smallest absolute Gasteiger partial charge is 0.113 e. The summed E-state index contributed by atoms with van der Waals surface area (Å²) in [6.45, 7) is 4.85. The van der Waals surface area contributed by atoms with Gasteiger partial charge in [0.1, 0.15) is 12.2 Å². The summed E-state index contributed by atoms with van der Waals surface area (Å²) in [6, 6.07) is 14.3. The summed E-state index contributed by atoms with van der Waals surface area (Å²) in [6.07, 6.45) is 0. The fourth-order valence-corrected chi connectivity index (χ4v) is 2.05. The maximum absolute atomic E-state index is 4.15. The van der Waals surface area contributed by atoms with Gasteiger partial charge in [0.05, 0.1) is 5.52 Å². The molecule has 4 nitrogen and oxygen atoms in total. The average molecular weight is 252 g/mol. The SMILES string of the molecule is Cc1ccc(NCn2nnc3ccccc32)cc1C. The Labute approximate surface area is 112 Å². The van der Waals surface area contributed by atoms with Crippen molar-refractivity contribution in [3.63, 3.8) is 0 Å². The van der Waals surface area contributed by atoms with Crippen LogP contribution in [0.15, 0.2) is 42.5 Å². The second-order valence-corrected chi connectivity index (χ2v) is 4.71. The van der Waals surface area contributed by atoms with Gasteiger partial charge in [-0.25, -0.2) is 4.68 Å². The molecule has 0 aliphatic carbocycles. The lowest BCUT2D eigenvalue weighted by atomic mass is 10.1. The number of nitrogens with one attached hydrogen (secondary N) is 1. The summed E-state index contributed by atoms with van der Waals surface area (Å²) in [5.41, 5.74) is 5.65. The lowest BCUT2D eigenvalue weighted by molar-refractivity contribution is 0.655. The van der Waals surface area contributed by atoms with E-state index < -0.39 is 0 Å². The Balaban J connectivity index is 1.80. The first-order valence-corrected chi connectivity index (χ1v) is 6.33. The van der Waals surface area contributed by atoms with Crippen LogP contribution in [0.25, 0.3) is 11.0 Å². The van der Waals surface area contributed by atoms with E-state index in [0.29, 0.717) is 6.67 Å². The molecule has 0 aliphatic heterocycles. The van der Waals surface area contributed by atoms with Crippen molar-refractivity contribution in [2.45, 2.75) is 20.5 Å². The zero-order valence-electron chi connectivity index (χ0n) is 11.1. The van der Waals surface area contributed by atoms with Gasteiger partial charge in [-0.15, -0.1) is 5.10 Å². The Kier molecular flexibility index (Phi) is 2.91. The Morgan fingerprint density at radius 1 is 1.05 bits per heavy atom. The lowest BCUT2D eigenvalue weighted by Gasteiger charge is -2.09. The van der Waals surface area contributed by atoms with Crippen LogP contribution in [0.1, 0.15) is 11.1 Å². The molecule has 0 unspecified atom stereocenters. The standard InChI is InChI=1S/C15H16N4/c1-11-7-8-13(9-12(11)2)16-10-19-15-6-4-3-5-14(15)17-18-19/h3-9,16H,10H2,1-2H3. The molecular formula is C15H16N4. The number of hydrogen-bond acceptors (Lipinski definition) is 3. The van der Waals surface area contributed by atoms with Crippen molar-refractivity contribution in [1.29, 1.82) is 0 Å². The van der Waals surface area contributed by atoms with Crippen LogP contribution in [-0.4, -0.2) is 15.0 Å². The molecule has 0 bridgehead atoms. The van der Waals surface area contributed by atoms with Crippen LogP contribution in [0, 0.1) is 13.8 Å². The first-order valence-electron chi connectivity index (χ1n) is 6.33. The Morgan fingerprint density at radius 2 is 1.89 bits per heavy atom. The molecule has 3 aromatic rings. The predicted octanol–water partition coefficient (Wildman–Crippen LogP) is 3.12. The highest BCUT2D eigenvalue weighted by Crippen LogP contribution is 2.15. The number of para-hydroxylation sites is 1. The highest BCUT2D eigenvalue weighted by atomic mass is 15.4. The van der Waals surface area contributed by atoms with Gasteiger partial charge in [-0.05, 0) is 49.2 Å². The van der Waals surface area contributed by atoms with Crippen LogP contribution in [0.4, 0.5) is 5.69 Å². The summed E-state index contributed by atoms with van der Waals surface area (Å²) in [5.74, 6) is 0. The molecule has 1 aromatic heterocycles. The van der Waals surface area contributed by atoms with Crippen molar-refractivity contribution in [3.8, 4) is 0 Å². The van der Waals surface area contributed by atoms with Gasteiger partial charge in [-0.1, -0.05) is 23.4 Å². The first kappa shape index (κ1) is 11.7. The third-order valence-corrected chi connectivity index (χ3v) is 3.36. The fraction of sp³-hybridized carbons (Fsp3) is 0.200. The zero-order chi connectivity index (χ0) is 13.2. The summed E-state index contributed by atoms with van der Waals surface area (Å²) in [7, 11) is 0. The number of rotatable bonds is 3. The molecule has 0 fully saturated rings. The molecular weight excluding hydrogens is 236 g/mol. The van der Waals surface area contributed by atoms with E-state index in [0.717, 1.165) is 16.7 Å². The number of anilines is 1. The van der Waals surface area contributed by atoms with E-state index in [4.69, 9.17) is 0 Å². The summed E-state index contributed by atoms with van der Waals surface area (Å²) in [4.78, 5) is 0. The van der Waals surface area contributed by atoms with E-state index in [1.54, 1.807) is 0 Å². The first-order chi connectivity index (χ1) is 9.24. The van der Waals surface area contributed by atoms with Gasteiger partial charge in [-0.3, -0.25) is 0 Å². The molecule has 3 rings (SSSR count). The van der Waals surface area contributed by atoms with Crippen molar-refractivity contribution >= 4 is 16.7 Å². The van der Waals surface area contributed by atoms with Crippen molar-refractivity contribution in [1.82, 2.24) is 15.0 Å². The molecule has 0 spiro atoms. The van der Waals surface area contributed by atoms with Crippen LogP contribution in [0.5, 0.6) is 0 Å². The molecule has 96 valence electrons. The normalized spacial score (nSPS) is 10.8. The second kappa shape index (κ2) is 4.72. The minimum Gasteiger partial charge on any atom is -0.366 e. The highest BCUT2D eigenvalue weighted by Gasteiger charge is 2.02. The molecule has 4 heteroatoms. The number of aromatic nitrogens is 3. The third kappa shape index (κ3) is 2.29. The maximum Gasteiger partial charge on any atom is 0.113 e. The van der Waals surface area contributed by atoms with Crippen LogP contribution in [0.3, 0.4) is 0 Å². The Bertz CT molecular complexity index is 715. The summed E-state index contributed by atoms with van der Waals surface area (Å²) in [5, 5.41) is 11.7. The van der Waals surface area contributed by atoms with Gasteiger partial charge in [0.2, 0.25) is 0 Å². The van der Waals surface area contributed by atoms with Crippen LogP contribution < -0.4 is 5.32 Å². The number of fused-ring (bicyclic) bond motifs is 1. The number of aryl methyl sites for hydroxylation is 2. The minimum atomic E-state index is 0.614. The van der Waals surface area contributed by atoms with Crippen molar-refractivity contribution in [2.24, 2.45) is 0 Å². The largest absolute Gasteiger partial charge is 0.366 e. The molecule has 0 radical (unpaired) electrons. The van der Waals surface area contributed by atoms with E-state index >= 15 is 0 Å². The van der Waals surface area contributed by atoms with Gasteiger partial charge in [0, 0.05) is 5.69 Å². The van der Waals surface area contributed by atoms with Gasteiger partial charge in [0.25, 0.3) is 0 Å². The van der Waals surface area contributed by atoms with Crippen molar-refractivity contribution < 1.29 is 0 Å². The number of nitrogens with zero attached hydrogens (tertiary/aromatic N) is 3. The van der Waals surface area contributed by atoms with Gasteiger partial charge >= 0.3 is 0 Å². The molecule has 1 N–H and O–H groups in total. The van der Waals surface area contributed by atoms with Gasteiger partial charge in [-0.2, -0.15) is 0 Å². The average Bonchev–Trinajstić information content (AvgIpc) is 2.83. The third-order valence-electron chi connectivity index (χ3n) is 3.36. The van der Waals surface area contributed by atoms with E-state index in [2.05, 4.69) is 47.7 Å². The molecule has 0 saturated heterocycles.